The van der Waals surface area contributed by atoms with Crippen LogP contribution in [0, 0.1) is 0 Å². The first-order valence-electron chi connectivity index (χ1n) is 8.61. The summed E-state index contributed by atoms with van der Waals surface area (Å²) in [6.45, 7) is 7.48. The van der Waals surface area contributed by atoms with Crippen LogP contribution in [0.2, 0.25) is 5.02 Å². The van der Waals surface area contributed by atoms with Crippen molar-refractivity contribution in [2.75, 3.05) is 31.1 Å². The number of likely N-dealkylation sites (N-methyl/N-ethyl adjacent to an activating group) is 1. The number of aryl methyl sites for hydroxylation is 1. The number of hydrogen-bond donors (Lipinski definition) is 0. The van der Waals surface area contributed by atoms with Crippen LogP contribution in [0.25, 0.3) is 10.2 Å². The molecule has 0 fully saturated rings. The molecule has 0 aliphatic heterocycles. The summed E-state index contributed by atoms with van der Waals surface area (Å²) in [7, 11) is 1.77. The van der Waals surface area contributed by atoms with Crippen LogP contribution in [0.5, 0.6) is 0 Å². The number of benzene rings is 1. The molecule has 0 aliphatic carbocycles. The van der Waals surface area contributed by atoms with E-state index in [2.05, 4.69) is 28.8 Å². The van der Waals surface area contributed by atoms with E-state index < -0.39 is 0 Å². The molecule has 0 aliphatic rings. The number of aromatic nitrogens is 3. The maximum absolute atomic E-state index is 13.1. The minimum atomic E-state index is -0.0951. The highest BCUT2D eigenvalue weighted by molar-refractivity contribution is 7.22. The number of rotatable bonds is 7. The predicted molar refractivity (Wildman–Crippen MR) is 107 cm³/mol. The fourth-order valence-corrected chi connectivity index (χ4v) is 4.06. The van der Waals surface area contributed by atoms with Gasteiger partial charge in [-0.2, -0.15) is 5.10 Å². The van der Waals surface area contributed by atoms with E-state index in [-0.39, 0.29) is 5.91 Å². The Morgan fingerprint density at radius 1 is 1.23 bits per heavy atom. The molecule has 2 aromatic heterocycles. The molecular weight excluding hydrogens is 370 g/mol. The number of halogens is 1. The van der Waals surface area contributed by atoms with Crippen molar-refractivity contribution in [2.45, 2.75) is 13.8 Å². The van der Waals surface area contributed by atoms with Crippen molar-refractivity contribution >= 4 is 44.2 Å². The van der Waals surface area contributed by atoms with Crippen molar-refractivity contribution in [1.82, 2.24) is 19.7 Å². The lowest BCUT2D eigenvalue weighted by Crippen LogP contribution is -2.39. The Morgan fingerprint density at radius 2 is 2.00 bits per heavy atom. The highest BCUT2D eigenvalue weighted by atomic mass is 35.5. The standard InChI is InChI=1S/C18H22ClN5OS/c1-4-23(5-2)10-11-24(17(25)15-8-9-20-22(15)3)18-21-14-7-6-13(19)12-16(14)26-18/h6-9,12H,4-5,10-11H2,1-3H3. The Balaban J connectivity index is 1.95. The summed E-state index contributed by atoms with van der Waals surface area (Å²) < 4.78 is 2.56. The second kappa shape index (κ2) is 8.16. The van der Waals surface area contributed by atoms with E-state index in [1.807, 2.05) is 18.2 Å². The van der Waals surface area contributed by atoms with Gasteiger partial charge in [-0.1, -0.05) is 36.8 Å². The highest BCUT2D eigenvalue weighted by Gasteiger charge is 2.24. The Labute approximate surface area is 162 Å². The molecule has 2 heterocycles. The molecule has 26 heavy (non-hydrogen) atoms. The van der Waals surface area contributed by atoms with Gasteiger partial charge >= 0.3 is 0 Å². The minimum absolute atomic E-state index is 0.0951. The fourth-order valence-electron chi connectivity index (χ4n) is 2.79. The molecule has 138 valence electrons. The van der Waals surface area contributed by atoms with Gasteiger partial charge in [-0.25, -0.2) is 4.98 Å². The number of amides is 1. The van der Waals surface area contributed by atoms with Crippen molar-refractivity contribution in [3.05, 3.63) is 41.2 Å². The van der Waals surface area contributed by atoms with E-state index in [9.17, 15) is 4.79 Å². The quantitative estimate of drug-likeness (QED) is 0.616. The van der Waals surface area contributed by atoms with E-state index in [0.717, 1.165) is 29.9 Å². The lowest BCUT2D eigenvalue weighted by atomic mass is 10.3. The molecule has 6 nitrogen and oxygen atoms in total. The van der Waals surface area contributed by atoms with Crippen LogP contribution in [-0.2, 0) is 7.05 Å². The first kappa shape index (κ1) is 18.8. The molecule has 1 amide bonds. The summed E-state index contributed by atoms with van der Waals surface area (Å²) >= 11 is 7.57. The lowest BCUT2D eigenvalue weighted by Gasteiger charge is -2.24. The van der Waals surface area contributed by atoms with Gasteiger partial charge in [0.05, 0.1) is 10.2 Å². The third-order valence-corrected chi connectivity index (χ3v) is 5.67. The van der Waals surface area contributed by atoms with Crippen molar-refractivity contribution in [2.24, 2.45) is 7.05 Å². The largest absolute Gasteiger partial charge is 0.302 e. The molecule has 0 radical (unpaired) electrons. The molecule has 0 spiro atoms. The van der Waals surface area contributed by atoms with Crippen LogP contribution in [-0.4, -0.2) is 51.8 Å². The smallest absolute Gasteiger partial charge is 0.278 e. The first-order chi connectivity index (χ1) is 12.5. The zero-order chi connectivity index (χ0) is 18.7. The number of anilines is 1. The van der Waals surface area contributed by atoms with Crippen molar-refractivity contribution in [3.8, 4) is 0 Å². The van der Waals surface area contributed by atoms with E-state index in [0.29, 0.717) is 22.4 Å². The summed E-state index contributed by atoms with van der Waals surface area (Å²) in [5, 5.41) is 5.47. The van der Waals surface area contributed by atoms with Crippen molar-refractivity contribution in [3.63, 3.8) is 0 Å². The third kappa shape index (κ3) is 3.90. The molecule has 1 aromatic carbocycles. The maximum Gasteiger partial charge on any atom is 0.278 e. The van der Waals surface area contributed by atoms with Gasteiger partial charge in [-0.05, 0) is 37.4 Å². The zero-order valence-electron chi connectivity index (χ0n) is 15.1. The van der Waals surface area contributed by atoms with Gasteiger partial charge in [0, 0.05) is 31.4 Å². The van der Waals surface area contributed by atoms with Crippen LogP contribution < -0.4 is 4.90 Å². The van der Waals surface area contributed by atoms with Gasteiger partial charge in [0.25, 0.3) is 5.91 Å². The number of carbonyl (C=O) groups excluding carboxylic acids is 1. The molecule has 8 heteroatoms. The van der Waals surface area contributed by atoms with Gasteiger partial charge < -0.3 is 4.90 Å². The number of hydrogen-bond acceptors (Lipinski definition) is 5. The van der Waals surface area contributed by atoms with Gasteiger partial charge in [-0.15, -0.1) is 0 Å². The Bertz CT molecular complexity index is 902. The summed E-state index contributed by atoms with van der Waals surface area (Å²) in [5.41, 5.74) is 1.39. The third-order valence-electron chi connectivity index (χ3n) is 4.39. The topological polar surface area (TPSA) is 54.3 Å². The van der Waals surface area contributed by atoms with Crippen LogP contribution >= 0.6 is 22.9 Å². The summed E-state index contributed by atoms with van der Waals surface area (Å²) in [5.74, 6) is -0.0951. The van der Waals surface area contributed by atoms with Crippen LogP contribution in [0.15, 0.2) is 30.5 Å². The van der Waals surface area contributed by atoms with Gasteiger partial charge in [-0.3, -0.25) is 14.4 Å². The van der Waals surface area contributed by atoms with E-state index in [1.54, 1.807) is 28.9 Å². The average Bonchev–Trinajstić information content (AvgIpc) is 3.23. The summed E-state index contributed by atoms with van der Waals surface area (Å²) in [4.78, 5) is 21.8. The zero-order valence-corrected chi connectivity index (χ0v) is 16.7. The molecule has 0 bridgehead atoms. The van der Waals surface area contributed by atoms with E-state index >= 15 is 0 Å². The van der Waals surface area contributed by atoms with E-state index in [1.165, 1.54) is 11.3 Å². The monoisotopic (exact) mass is 391 g/mol. The Kier molecular flexibility index (Phi) is 5.90. The average molecular weight is 392 g/mol. The maximum atomic E-state index is 13.1. The van der Waals surface area contributed by atoms with Crippen molar-refractivity contribution in [1.29, 1.82) is 0 Å². The number of fused-ring (bicyclic) bond motifs is 1. The second-order valence-corrected chi connectivity index (χ2v) is 7.38. The summed E-state index contributed by atoms with van der Waals surface area (Å²) in [6, 6.07) is 7.32. The number of carbonyl (C=O) groups is 1. The fraction of sp³-hybridized carbons (Fsp3) is 0.389. The van der Waals surface area contributed by atoms with Gasteiger partial charge in [0.2, 0.25) is 0 Å². The van der Waals surface area contributed by atoms with Crippen LogP contribution in [0.4, 0.5) is 5.13 Å². The van der Waals surface area contributed by atoms with Crippen molar-refractivity contribution < 1.29 is 4.79 Å². The summed E-state index contributed by atoms with van der Waals surface area (Å²) in [6.07, 6.45) is 1.63. The Morgan fingerprint density at radius 3 is 2.65 bits per heavy atom. The molecule has 3 rings (SSSR count). The SMILES string of the molecule is CCN(CC)CCN(C(=O)c1ccnn1C)c1nc2ccc(Cl)cc2s1. The molecule has 0 saturated heterocycles. The van der Waals surface area contributed by atoms with Crippen LogP contribution in [0.1, 0.15) is 24.3 Å². The minimum Gasteiger partial charge on any atom is -0.302 e. The number of nitrogens with zero attached hydrogens (tertiary/aromatic N) is 5. The molecule has 0 N–H and O–H groups in total. The molecule has 0 atom stereocenters. The predicted octanol–water partition coefficient (Wildman–Crippen LogP) is 3.67. The van der Waals surface area contributed by atoms with Gasteiger partial charge in [0.15, 0.2) is 5.13 Å². The molecule has 0 unspecified atom stereocenters. The van der Waals surface area contributed by atoms with Crippen LogP contribution in [0.3, 0.4) is 0 Å². The Hall–Kier alpha value is -1.96. The molecule has 3 aromatic rings. The highest BCUT2D eigenvalue weighted by Crippen LogP contribution is 2.31. The van der Waals surface area contributed by atoms with E-state index in [4.69, 9.17) is 11.6 Å². The molecular formula is C18H22ClN5OS. The molecule has 0 saturated carbocycles. The second-order valence-electron chi connectivity index (χ2n) is 5.93. The number of thiazole rings is 1. The van der Waals surface area contributed by atoms with Gasteiger partial charge in [0.1, 0.15) is 5.69 Å². The lowest BCUT2D eigenvalue weighted by molar-refractivity contribution is 0.0974. The normalized spacial score (nSPS) is 11.4. The first-order valence-corrected chi connectivity index (χ1v) is 9.81.